The van der Waals surface area contributed by atoms with E-state index in [4.69, 9.17) is 0 Å². The van der Waals surface area contributed by atoms with E-state index in [1.54, 1.807) is 0 Å². The van der Waals surface area contributed by atoms with Crippen LogP contribution in [0.2, 0.25) is 0 Å². The van der Waals surface area contributed by atoms with E-state index in [9.17, 15) is 13.6 Å². The summed E-state index contributed by atoms with van der Waals surface area (Å²) in [7, 11) is 0. The average Bonchev–Trinajstić information content (AvgIpc) is 2.23. The molecule has 0 amide bonds. The number of carbonyl (C=O) groups is 1. The van der Waals surface area contributed by atoms with E-state index in [1.807, 2.05) is 13.8 Å². The van der Waals surface area contributed by atoms with Gasteiger partial charge in [-0.15, -0.1) is 0 Å². The van der Waals surface area contributed by atoms with Crippen LogP contribution >= 0.6 is 0 Å². The lowest BCUT2D eigenvalue weighted by molar-refractivity contribution is -0.119. The second kappa shape index (κ2) is 5.73. The first-order valence-corrected chi connectivity index (χ1v) is 5.48. The Balaban J connectivity index is 2.59. The van der Waals surface area contributed by atoms with Crippen LogP contribution in [-0.2, 0) is 11.2 Å². The molecule has 88 valence electrons. The Kier molecular flexibility index (Phi) is 4.59. The van der Waals surface area contributed by atoms with Gasteiger partial charge in [-0.25, -0.2) is 8.78 Å². The highest BCUT2D eigenvalue weighted by Crippen LogP contribution is 2.13. The molecule has 3 heteroatoms. The van der Waals surface area contributed by atoms with Crippen LogP contribution in [0.1, 0.15) is 32.3 Å². The molecule has 0 heterocycles. The van der Waals surface area contributed by atoms with Gasteiger partial charge in [-0.2, -0.15) is 0 Å². The van der Waals surface area contributed by atoms with Crippen LogP contribution in [0.4, 0.5) is 8.78 Å². The van der Waals surface area contributed by atoms with Gasteiger partial charge in [0.1, 0.15) is 5.78 Å². The van der Waals surface area contributed by atoms with Crippen molar-refractivity contribution in [3.63, 3.8) is 0 Å². The molecule has 0 saturated carbocycles. The number of ketones is 1. The Labute approximate surface area is 94.5 Å². The third-order valence-electron chi connectivity index (χ3n) is 2.66. The summed E-state index contributed by atoms with van der Waals surface area (Å²) in [6.45, 7) is 4.03. The molecule has 0 fully saturated rings. The summed E-state index contributed by atoms with van der Waals surface area (Å²) in [5, 5.41) is 0. The minimum absolute atomic E-state index is 0.0698. The minimum atomic E-state index is -0.895. The first-order valence-electron chi connectivity index (χ1n) is 5.48. The number of rotatable bonds is 5. The zero-order chi connectivity index (χ0) is 12.1. The maximum absolute atomic E-state index is 12.9. The fourth-order valence-corrected chi connectivity index (χ4v) is 1.48. The number of hydrogen-bond acceptors (Lipinski definition) is 1. The summed E-state index contributed by atoms with van der Waals surface area (Å²) >= 11 is 0. The maximum Gasteiger partial charge on any atom is 0.159 e. The molecule has 1 atom stereocenters. The zero-order valence-electron chi connectivity index (χ0n) is 9.59. The van der Waals surface area contributed by atoms with Crippen molar-refractivity contribution in [1.82, 2.24) is 0 Å². The standard InChI is InChI=1S/C13H16F2O/c1-3-9(2)6-11(16)7-10-4-5-12(14)13(15)8-10/h4-5,8-9H,3,6-7H2,1-2H3. The predicted molar refractivity (Wildman–Crippen MR) is 59.1 cm³/mol. The van der Waals surface area contributed by atoms with E-state index < -0.39 is 11.6 Å². The van der Waals surface area contributed by atoms with Crippen molar-refractivity contribution >= 4 is 5.78 Å². The van der Waals surface area contributed by atoms with Gasteiger partial charge in [0.2, 0.25) is 0 Å². The Bertz CT molecular complexity index is 374. The smallest absolute Gasteiger partial charge is 0.159 e. The molecular formula is C13H16F2O. The molecule has 1 rings (SSSR count). The monoisotopic (exact) mass is 226 g/mol. The van der Waals surface area contributed by atoms with Gasteiger partial charge in [-0.05, 0) is 23.6 Å². The molecule has 1 nitrogen and oxygen atoms in total. The third-order valence-corrected chi connectivity index (χ3v) is 2.66. The van der Waals surface area contributed by atoms with Gasteiger partial charge in [0.05, 0.1) is 0 Å². The second-order valence-electron chi connectivity index (χ2n) is 4.18. The predicted octanol–water partition coefficient (Wildman–Crippen LogP) is 3.51. The summed E-state index contributed by atoms with van der Waals surface area (Å²) in [4.78, 5) is 11.6. The Morgan fingerprint density at radius 1 is 1.31 bits per heavy atom. The lowest BCUT2D eigenvalue weighted by atomic mass is 9.98. The van der Waals surface area contributed by atoms with Gasteiger partial charge in [-0.3, -0.25) is 4.79 Å². The Morgan fingerprint density at radius 2 is 2.00 bits per heavy atom. The minimum Gasteiger partial charge on any atom is -0.299 e. The Hall–Kier alpha value is -1.25. The summed E-state index contributed by atoms with van der Waals surface area (Å²) in [5.74, 6) is -1.36. The number of halogens is 2. The molecule has 0 aliphatic carbocycles. The van der Waals surface area contributed by atoms with Gasteiger partial charge < -0.3 is 0 Å². The van der Waals surface area contributed by atoms with E-state index >= 15 is 0 Å². The van der Waals surface area contributed by atoms with Crippen LogP contribution in [0.25, 0.3) is 0 Å². The van der Waals surface area contributed by atoms with Crippen molar-refractivity contribution < 1.29 is 13.6 Å². The molecule has 0 saturated heterocycles. The molecule has 0 radical (unpaired) electrons. The molecule has 0 N–H and O–H groups in total. The molecule has 0 aliphatic rings. The van der Waals surface area contributed by atoms with Gasteiger partial charge in [0.15, 0.2) is 11.6 Å². The van der Waals surface area contributed by atoms with Crippen molar-refractivity contribution in [2.75, 3.05) is 0 Å². The number of hydrogen-bond donors (Lipinski definition) is 0. The van der Waals surface area contributed by atoms with E-state index in [2.05, 4.69) is 0 Å². The second-order valence-corrected chi connectivity index (χ2v) is 4.18. The summed E-state index contributed by atoms with van der Waals surface area (Å²) in [6.07, 6.45) is 1.63. The highest BCUT2D eigenvalue weighted by molar-refractivity contribution is 5.81. The van der Waals surface area contributed by atoms with E-state index in [-0.39, 0.29) is 12.2 Å². The summed E-state index contributed by atoms with van der Waals surface area (Å²) in [6, 6.07) is 3.60. The van der Waals surface area contributed by atoms with E-state index in [1.165, 1.54) is 6.07 Å². The first-order chi connectivity index (χ1) is 7.52. The molecule has 0 aliphatic heterocycles. The van der Waals surface area contributed by atoms with Gasteiger partial charge in [-0.1, -0.05) is 26.3 Å². The summed E-state index contributed by atoms with van der Waals surface area (Å²) in [5.41, 5.74) is 0.534. The average molecular weight is 226 g/mol. The molecular weight excluding hydrogens is 210 g/mol. The van der Waals surface area contributed by atoms with Crippen LogP contribution in [-0.4, -0.2) is 5.78 Å². The molecule has 0 spiro atoms. The van der Waals surface area contributed by atoms with Crippen molar-refractivity contribution in [2.24, 2.45) is 5.92 Å². The lowest BCUT2D eigenvalue weighted by Gasteiger charge is -2.07. The molecule has 1 unspecified atom stereocenters. The quantitative estimate of drug-likeness (QED) is 0.750. The van der Waals surface area contributed by atoms with Crippen LogP contribution in [0.15, 0.2) is 18.2 Å². The topological polar surface area (TPSA) is 17.1 Å². The molecule has 0 aromatic heterocycles. The summed E-state index contributed by atoms with van der Waals surface area (Å²) < 4.78 is 25.5. The fourth-order valence-electron chi connectivity index (χ4n) is 1.48. The van der Waals surface area contributed by atoms with Crippen molar-refractivity contribution in [3.8, 4) is 0 Å². The molecule has 16 heavy (non-hydrogen) atoms. The fraction of sp³-hybridized carbons (Fsp3) is 0.462. The highest BCUT2D eigenvalue weighted by Gasteiger charge is 2.10. The highest BCUT2D eigenvalue weighted by atomic mass is 19.2. The maximum atomic E-state index is 12.9. The van der Waals surface area contributed by atoms with Gasteiger partial charge >= 0.3 is 0 Å². The largest absolute Gasteiger partial charge is 0.299 e. The number of carbonyl (C=O) groups excluding carboxylic acids is 1. The van der Waals surface area contributed by atoms with Crippen molar-refractivity contribution in [3.05, 3.63) is 35.4 Å². The van der Waals surface area contributed by atoms with Crippen molar-refractivity contribution in [1.29, 1.82) is 0 Å². The van der Waals surface area contributed by atoms with Crippen LogP contribution < -0.4 is 0 Å². The Morgan fingerprint density at radius 3 is 2.56 bits per heavy atom. The van der Waals surface area contributed by atoms with Crippen molar-refractivity contribution in [2.45, 2.75) is 33.1 Å². The first kappa shape index (κ1) is 12.8. The van der Waals surface area contributed by atoms with E-state index in [0.29, 0.717) is 17.9 Å². The molecule has 0 bridgehead atoms. The van der Waals surface area contributed by atoms with Crippen LogP contribution in [0, 0.1) is 17.6 Å². The van der Waals surface area contributed by atoms with Crippen LogP contribution in [0.3, 0.4) is 0 Å². The van der Waals surface area contributed by atoms with E-state index in [0.717, 1.165) is 18.6 Å². The van der Waals surface area contributed by atoms with Gasteiger partial charge in [0.25, 0.3) is 0 Å². The molecule has 1 aromatic carbocycles. The number of benzene rings is 1. The van der Waals surface area contributed by atoms with Gasteiger partial charge in [0, 0.05) is 12.8 Å². The lowest BCUT2D eigenvalue weighted by Crippen LogP contribution is -2.08. The normalized spacial score (nSPS) is 12.5. The SMILES string of the molecule is CCC(C)CC(=O)Cc1ccc(F)c(F)c1. The van der Waals surface area contributed by atoms with Crippen LogP contribution in [0.5, 0.6) is 0 Å². The third kappa shape index (κ3) is 3.72. The number of Topliss-reactive ketones (excluding diaryl/α,β-unsaturated/α-hetero) is 1. The molecule has 1 aromatic rings. The zero-order valence-corrected chi connectivity index (χ0v) is 9.59.